The van der Waals surface area contributed by atoms with E-state index >= 15 is 0 Å². The van der Waals surface area contributed by atoms with Crippen LogP contribution in [0.1, 0.15) is 38.7 Å². The Labute approximate surface area is 155 Å². The van der Waals surface area contributed by atoms with E-state index in [-0.39, 0.29) is 24.1 Å². The number of hydrogen-bond donors (Lipinski definition) is 0. The number of esters is 1. The highest BCUT2D eigenvalue weighted by Gasteiger charge is 2.21. The summed E-state index contributed by atoms with van der Waals surface area (Å²) in [7, 11) is 1.34. The van der Waals surface area contributed by atoms with Gasteiger partial charge in [-0.3, -0.25) is 9.59 Å². The van der Waals surface area contributed by atoms with Gasteiger partial charge in [0.2, 0.25) is 5.91 Å². The van der Waals surface area contributed by atoms with Crippen molar-refractivity contribution in [2.75, 3.05) is 33.4 Å². The van der Waals surface area contributed by atoms with Crippen molar-refractivity contribution in [2.24, 2.45) is 5.92 Å². The predicted molar refractivity (Wildman–Crippen MR) is 98.2 cm³/mol. The summed E-state index contributed by atoms with van der Waals surface area (Å²) < 4.78 is 23.3. The third-order valence-electron chi connectivity index (χ3n) is 4.08. The van der Waals surface area contributed by atoms with Gasteiger partial charge in [0.25, 0.3) is 0 Å². The third kappa shape index (κ3) is 8.43. The molecule has 0 N–H and O–H groups in total. The fraction of sp³-hybridized carbons (Fsp3) is 0.600. The molecule has 0 fully saturated rings. The molecule has 0 aliphatic carbocycles. The van der Waals surface area contributed by atoms with Crippen molar-refractivity contribution < 1.29 is 23.5 Å². The normalized spacial score (nSPS) is 11.8. The van der Waals surface area contributed by atoms with Crippen LogP contribution in [0, 0.1) is 11.7 Å². The molecule has 5 nitrogen and oxygen atoms in total. The summed E-state index contributed by atoms with van der Waals surface area (Å²) in [4.78, 5) is 26.0. The topological polar surface area (TPSA) is 55.8 Å². The van der Waals surface area contributed by atoms with Crippen LogP contribution in [0.4, 0.5) is 4.39 Å². The first-order valence-electron chi connectivity index (χ1n) is 9.15. The van der Waals surface area contributed by atoms with Gasteiger partial charge in [-0.2, -0.15) is 0 Å². The molecule has 0 spiro atoms. The molecule has 0 aliphatic heterocycles. The molecule has 1 atom stereocenters. The average molecular weight is 367 g/mol. The van der Waals surface area contributed by atoms with E-state index < -0.39 is 5.92 Å². The van der Waals surface area contributed by atoms with E-state index in [4.69, 9.17) is 9.47 Å². The van der Waals surface area contributed by atoms with Gasteiger partial charge in [-0.25, -0.2) is 4.39 Å². The molecule has 1 aromatic carbocycles. The SMILES string of the molecule is CCCCOCCCN(CC(C)C(=O)OC)C(=O)Cc1ccc(F)cc1. The molecule has 0 bridgehead atoms. The van der Waals surface area contributed by atoms with E-state index in [1.165, 1.54) is 19.2 Å². The average Bonchev–Trinajstić information content (AvgIpc) is 2.64. The van der Waals surface area contributed by atoms with Crippen molar-refractivity contribution in [3.63, 3.8) is 0 Å². The zero-order valence-corrected chi connectivity index (χ0v) is 16.0. The van der Waals surface area contributed by atoms with E-state index in [9.17, 15) is 14.0 Å². The van der Waals surface area contributed by atoms with Crippen molar-refractivity contribution in [3.05, 3.63) is 35.6 Å². The minimum Gasteiger partial charge on any atom is -0.469 e. The van der Waals surface area contributed by atoms with Crippen molar-refractivity contribution >= 4 is 11.9 Å². The van der Waals surface area contributed by atoms with Crippen molar-refractivity contribution in [3.8, 4) is 0 Å². The highest BCUT2D eigenvalue weighted by Crippen LogP contribution is 2.09. The van der Waals surface area contributed by atoms with Crippen molar-refractivity contribution in [1.82, 2.24) is 4.90 Å². The molecule has 26 heavy (non-hydrogen) atoms. The summed E-state index contributed by atoms with van der Waals surface area (Å²) in [6, 6.07) is 5.88. The summed E-state index contributed by atoms with van der Waals surface area (Å²) in [5, 5.41) is 0. The molecule has 0 radical (unpaired) electrons. The maximum Gasteiger partial charge on any atom is 0.310 e. The Morgan fingerprint density at radius 2 is 1.81 bits per heavy atom. The minimum atomic E-state index is -0.404. The van der Waals surface area contributed by atoms with E-state index in [1.807, 2.05) is 0 Å². The highest BCUT2D eigenvalue weighted by molar-refractivity contribution is 5.80. The molecular formula is C20H30FNO4. The number of unbranched alkanes of at least 4 members (excludes halogenated alkanes) is 1. The second-order valence-electron chi connectivity index (χ2n) is 6.39. The quantitative estimate of drug-likeness (QED) is 0.420. The number of methoxy groups -OCH3 is 1. The van der Waals surface area contributed by atoms with Gasteiger partial charge < -0.3 is 14.4 Å². The van der Waals surface area contributed by atoms with Gasteiger partial charge >= 0.3 is 5.97 Å². The molecule has 1 rings (SSSR count). The van der Waals surface area contributed by atoms with Crippen LogP contribution in [0.15, 0.2) is 24.3 Å². The van der Waals surface area contributed by atoms with E-state index in [1.54, 1.807) is 24.0 Å². The minimum absolute atomic E-state index is 0.0964. The fourth-order valence-corrected chi connectivity index (χ4v) is 2.52. The van der Waals surface area contributed by atoms with Gasteiger partial charge in [-0.15, -0.1) is 0 Å². The number of carbonyl (C=O) groups is 2. The smallest absolute Gasteiger partial charge is 0.310 e. The zero-order valence-electron chi connectivity index (χ0n) is 16.0. The summed E-state index contributed by atoms with van der Waals surface area (Å²) in [5.41, 5.74) is 0.742. The van der Waals surface area contributed by atoms with Gasteiger partial charge in [-0.1, -0.05) is 32.4 Å². The monoisotopic (exact) mass is 367 g/mol. The number of nitrogens with zero attached hydrogens (tertiary/aromatic N) is 1. The van der Waals surface area contributed by atoms with Gasteiger partial charge in [0, 0.05) is 26.3 Å². The second-order valence-corrected chi connectivity index (χ2v) is 6.39. The number of carbonyl (C=O) groups excluding carboxylic acids is 2. The zero-order chi connectivity index (χ0) is 19.4. The van der Waals surface area contributed by atoms with Crippen LogP contribution >= 0.6 is 0 Å². The Bertz CT molecular complexity index is 547. The Kier molecular flexibility index (Phi) is 10.5. The molecule has 0 aromatic heterocycles. The third-order valence-corrected chi connectivity index (χ3v) is 4.08. The van der Waals surface area contributed by atoms with Crippen LogP contribution in [0.5, 0.6) is 0 Å². The van der Waals surface area contributed by atoms with Crippen LogP contribution < -0.4 is 0 Å². The Morgan fingerprint density at radius 3 is 2.42 bits per heavy atom. The maximum atomic E-state index is 13.0. The van der Waals surface area contributed by atoms with Crippen LogP contribution in [0.2, 0.25) is 0 Å². The van der Waals surface area contributed by atoms with E-state index in [0.29, 0.717) is 26.1 Å². The van der Waals surface area contributed by atoms with Crippen LogP contribution in [0.3, 0.4) is 0 Å². The molecule has 146 valence electrons. The molecule has 0 saturated heterocycles. The number of halogens is 1. The molecule has 1 amide bonds. The predicted octanol–water partition coefficient (Wildman–Crippen LogP) is 3.21. The molecule has 1 aromatic rings. The summed E-state index contributed by atoms with van der Waals surface area (Å²) >= 11 is 0. The van der Waals surface area contributed by atoms with Gasteiger partial charge in [0.05, 0.1) is 19.4 Å². The molecule has 1 unspecified atom stereocenters. The van der Waals surface area contributed by atoms with Gasteiger partial charge in [0.15, 0.2) is 0 Å². The largest absolute Gasteiger partial charge is 0.469 e. The number of hydrogen-bond acceptors (Lipinski definition) is 4. The summed E-state index contributed by atoms with van der Waals surface area (Å²) in [6.45, 7) is 5.94. The number of rotatable bonds is 12. The summed E-state index contributed by atoms with van der Waals surface area (Å²) in [5.74, 6) is -1.18. The van der Waals surface area contributed by atoms with E-state index in [0.717, 1.165) is 25.0 Å². The highest BCUT2D eigenvalue weighted by atomic mass is 19.1. The first kappa shape index (κ1) is 22.1. The molecule has 6 heteroatoms. The van der Waals surface area contributed by atoms with Crippen LogP contribution in [0.25, 0.3) is 0 Å². The van der Waals surface area contributed by atoms with Gasteiger partial charge in [-0.05, 0) is 30.5 Å². The molecular weight excluding hydrogens is 337 g/mol. The molecule has 0 saturated carbocycles. The van der Waals surface area contributed by atoms with E-state index in [2.05, 4.69) is 6.92 Å². The fourth-order valence-electron chi connectivity index (χ4n) is 2.52. The lowest BCUT2D eigenvalue weighted by atomic mass is 10.1. The van der Waals surface area contributed by atoms with Crippen molar-refractivity contribution in [1.29, 1.82) is 0 Å². The van der Waals surface area contributed by atoms with Gasteiger partial charge in [0.1, 0.15) is 5.82 Å². The summed E-state index contributed by atoms with van der Waals surface area (Å²) in [6.07, 6.45) is 2.98. The Hall–Kier alpha value is -1.95. The number of amides is 1. The lowest BCUT2D eigenvalue weighted by molar-refractivity contribution is -0.146. The lowest BCUT2D eigenvalue weighted by Gasteiger charge is -2.25. The Morgan fingerprint density at radius 1 is 1.15 bits per heavy atom. The van der Waals surface area contributed by atoms with Crippen LogP contribution in [-0.4, -0.2) is 50.2 Å². The second kappa shape index (κ2) is 12.4. The first-order valence-corrected chi connectivity index (χ1v) is 9.15. The molecule has 0 heterocycles. The Balaban J connectivity index is 2.61. The lowest BCUT2D eigenvalue weighted by Crippen LogP contribution is -2.39. The van der Waals surface area contributed by atoms with Crippen molar-refractivity contribution in [2.45, 2.75) is 39.5 Å². The first-order chi connectivity index (χ1) is 12.5. The van der Waals surface area contributed by atoms with Crippen LogP contribution in [-0.2, 0) is 25.5 Å². The molecule has 0 aliphatic rings. The standard InChI is InChI=1S/C20H30FNO4/c1-4-5-12-26-13-6-11-22(15-16(2)20(24)25-3)19(23)14-17-7-9-18(21)10-8-17/h7-10,16H,4-6,11-15H2,1-3H3. The number of benzene rings is 1. The number of ether oxygens (including phenoxy) is 2. The maximum absolute atomic E-state index is 13.0.